The molecule has 9 nitrogen and oxygen atoms in total. The van der Waals surface area contributed by atoms with Gasteiger partial charge in [-0.2, -0.15) is 9.36 Å². The molecule has 0 saturated heterocycles. The van der Waals surface area contributed by atoms with Crippen LogP contribution in [0.15, 0.2) is 64.8 Å². The lowest BCUT2D eigenvalue weighted by atomic mass is 10.2. The van der Waals surface area contributed by atoms with Gasteiger partial charge < -0.3 is 4.74 Å². The molecule has 3 rings (SSSR count). The number of nitrogens with one attached hydrogen (secondary N) is 1. The summed E-state index contributed by atoms with van der Waals surface area (Å²) in [6.45, 7) is 0.636. The van der Waals surface area contributed by atoms with Gasteiger partial charge in [0.15, 0.2) is 0 Å². The number of tetrazole rings is 1. The van der Waals surface area contributed by atoms with Crippen LogP contribution in [0.2, 0.25) is 0 Å². The third-order valence-corrected chi connectivity index (χ3v) is 4.77. The van der Waals surface area contributed by atoms with Crippen molar-refractivity contribution in [2.75, 3.05) is 18.4 Å². The average Bonchev–Trinajstić information content (AvgIpc) is 3.06. The van der Waals surface area contributed by atoms with E-state index < -0.39 is 15.7 Å². The monoisotopic (exact) mass is 401 g/mol. The predicted molar refractivity (Wildman–Crippen MR) is 106 cm³/mol. The highest BCUT2D eigenvalue weighted by atomic mass is 32.2. The van der Waals surface area contributed by atoms with E-state index in [0.717, 1.165) is 15.7 Å². The largest absolute Gasteiger partial charge is 0.383 e. The minimum Gasteiger partial charge on any atom is -0.383 e. The predicted octanol–water partition coefficient (Wildman–Crippen LogP) is 1.49. The van der Waals surface area contributed by atoms with Crippen molar-refractivity contribution in [3.8, 4) is 5.69 Å². The summed E-state index contributed by atoms with van der Waals surface area (Å²) in [5.41, 5.74) is 1.20. The SMILES string of the molecule is COCCn1nnn(-c2ccc(NS(=O)(=O)/C=C/c3ccccc3)cc2)c1=O. The van der Waals surface area contributed by atoms with Crippen LogP contribution >= 0.6 is 0 Å². The molecule has 0 fully saturated rings. The molecule has 0 aliphatic rings. The molecule has 3 aromatic rings. The fraction of sp³-hybridized carbons (Fsp3) is 0.167. The molecule has 0 atom stereocenters. The van der Waals surface area contributed by atoms with Crippen LogP contribution in [0.1, 0.15) is 5.56 Å². The first-order chi connectivity index (χ1) is 13.5. The molecular weight excluding hydrogens is 382 g/mol. The first kappa shape index (κ1) is 19.5. The minimum absolute atomic E-state index is 0.293. The maximum absolute atomic E-state index is 12.2. The van der Waals surface area contributed by atoms with Crippen molar-refractivity contribution in [3.05, 3.63) is 76.1 Å². The molecular formula is C18H19N5O4S. The number of ether oxygens (including phenoxy) is 1. The highest BCUT2D eigenvalue weighted by Crippen LogP contribution is 2.14. The molecule has 0 aliphatic heterocycles. The normalized spacial score (nSPS) is 11.8. The first-order valence-electron chi connectivity index (χ1n) is 8.37. The third-order valence-electron chi connectivity index (χ3n) is 3.76. The van der Waals surface area contributed by atoms with E-state index in [1.54, 1.807) is 36.4 Å². The summed E-state index contributed by atoms with van der Waals surface area (Å²) in [5.74, 6) is 0. The summed E-state index contributed by atoms with van der Waals surface area (Å²) in [5, 5.41) is 8.70. The zero-order valence-electron chi connectivity index (χ0n) is 15.1. The van der Waals surface area contributed by atoms with Crippen molar-refractivity contribution in [3.63, 3.8) is 0 Å². The van der Waals surface area contributed by atoms with Gasteiger partial charge in [0, 0.05) is 12.8 Å². The summed E-state index contributed by atoms with van der Waals surface area (Å²) in [6, 6.07) is 15.4. The van der Waals surface area contributed by atoms with Crippen molar-refractivity contribution >= 4 is 21.8 Å². The minimum atomic E-state index is -3.67. The van der Waals surface area contributed by atoms with Crippen LogP contribution in [0, 0.1) is 0 Å². The average molecular weight is 401 g/mol. The van der Waals surface area contributed by atoms with E-state index in [1.807, 2.05) is 18.2 Å². The summed E-state index contributed by atoms with van der Waals surface area (Å²) < 4.78 is 34.1. The lowest BCUT2D eigenvalue weighted by molar-refractivity contribution is 0.181. The summed E-state index contributed by atoms with van der Waals surface area (Å²) in [4.78, 5) is 12.2. The summed E-state index contributed by atoms with van der Waals surface area (Å²) in [7, 11) is -2.14. The second kappa shape index (κ2) is 8.63. The van der Waals surface area contributed by atoms with Gasteiger partial charge in [-0.15, -0.1) is 0 Å². The lowest BCUT2D eigenvalue weighted by Crippen LogP contribution is -2.25. The van der Waals surface area contributed by atoms with E-state index >= 15 is 0 Å². The van der Waals surface area contributed by atoms with E-state index in [1.165, 1.54) is 17.9 Å². The molecule has 0 aliphatic carbocycles. The Morgan fingerprint density at radius 3 is 2.46 bits per heavy atom. The second-order valence-electron chi connectivity index (χ2n) is 5.80. The fourth-order valence-electron chi connectivity index (χ4n) is 2.36. The van der Waals surface area contributed by atoms with Gasteiger partial charge in [0.25, 0.3) is 10.0 Å². The molecule has 0 unspecified atom stereocenters. The van der Waals surface area contributed by atoms with E-state index in [0.29, 0.717) is 24.5 Å². The van der Waals surface area contributed by atoms with Gasteiger partial charge in [-0.05, 0) is 46.3 Å². The van der Waals surface area contributed by atoms with Crippen LogP contribution in [0.25, 0.3) is 11.8 Å². The lowest BCUT2D eigenvalue weighted by Gasteiger charge is -2.05. The van der Waals surface area contributed by atoms with Crippen LogP contribution in [0.5, 0.6) is 0 Å². The molecule has 0 spiro atoms. The Balaban J connectivity index is 1.72. The Morgan fingerprint density at radius 2 is 1.79 bits per heavy atom. The number of aromatic nitrogens is 4. The second-order valence-corrected chi connectivity index (χ2v) is 7.36. The van der Waals surface area contributed by atoms with Gasteiger partial charge >= 0.3 is 5.69 Å². The van der Waals surface area contributed by atoms with Crippen LogP contribution in [0.4, 0.5) is 5.69 Å². The third kappa shape index (κ3) is 4.93. The first-order valence-corrected chi connectivity index (χ1v) is 9.91. The highest BCUT2D eigenvalue weighted by Gasteiger charge is 2.10. The highest BCUT2D eigenvalue weighted by molar-refractivity contribution is 7.95. The van der Waals surface area contributed by atoms with Gasteiger partial charge in [-0.3, -0.25) is 4.72 Å². The molecule has 0 radical (unpaired) electrons. The maximum atomic E-state index is 12.2. The maximum Gasteiger partial charge on any atom is 0.368 e. The van der Waals surface area contributed by atoms with Crippen molar-refractivity contribution in [1.29, 1.82) is 0 Å². The Hall–Kier alpha value is -3.24. The number of sulfonamides is 1. The molecule has 0 saturated carbocycles. The number of nitrogens with zero attached hydrogens (tertiary/aromatic N) is 4. The van der Waals surface area contributed by atoms with Crippen molar-refractivity contribution < 1.29 is 13.2 Å². The quantitative estimate of drug-likeness (QED) is 0.613. The van der Waals surface area contributed by atoms with Gasteiger partial charge in [0.05, 0.1) is 24.2 Å². The van der Waals surface area contributed by atoms with Crippen LogP contribution in [0.3, 0.4) is 0 Å². The van der Waals surface area contributed by atoms with Crippen molar-refractivity contribution in [1.82, 2.24) is 19.8 Å². The molecule has 146 valence electrons. The Kier molecular flexibility index (Phi) is 6.02. The Labute approximate surface area is 161 Å². The van der Waals surface area contributed by atoms with E-state index in [4.69, 9.17) is 4.74 Å². The fourth-order valence-corrected chi connectivity index (χ4v) is 3.22. The molecule has 28 heavy (non-hydrogen) atoms. The summed E-state index contributed by atoms with van der Waals surface area (Å²) >= 11 is 0. The van der Waals surface area contributed by atoms with Gasteiger partial charge in [-0.1, -0.05) is 30.3 Å². The van der Waals surface area contributed by atoms with Crippen LogP contribution in [-0.2, 0) is 21.3 Å². The number of methoxy groups -OCH3 is 1. The van der Waals surface area contributed by atoms with Crippen molar-refractivity contribution in [2.45, 2.75) is 6.54 Å². The molecule has 2 aromatic carbocycles. The van der Waals surface area contributed by atoms with Crippen LogP contribution < -0.4 is 10.4 Å². The Morgan fingerprint density at radius 1 is 1.07 bits per heavy atom. The zero-order valence-corrected chi connectivity index (χ0v) is 15.9. The number of rotatable bonds is 8. The number of hydrogen-bond donors (Lipinski definition) is 1. The number of benzene rings is 2. The van der Waals surface area contributed by atoms with Gasteiger partial charge in [-0.25, -0.2) is 13.2 Å². The number of anilines is 1. The molecule has 1 heterocycles. The molecule has 0 amide bonds. The standard InChI is InChI=1S/C18H19N5O4S/c1-27-13-12-22-18(24)23(21-20-22)17-9-7-16(8-10-17)19-28(25,26)14-11-15-5-3-2-4-6-15/h2-11,14,19H,12-13H2,1H3/b14-11+. The molecule has 1 aromatic heterocycles. The summed E-state index contributed by atoms with van der Waals surface area (Å²) in [6.07, 6.45) is 1.51. The van der Waals surface area contributed by atoms with Crippen molar-refractivity contribution in [2.24, 2.45) is 0 Å². The van der Waals surface area contributed by atoms with Gasteiger partial charge in [0.2, 0.25) is 0 Å². The van der Waals surface area contributed by atoms with Crippen LogP contribution in [-0.4, -0.2) is 41.9 Å². The topological polar surface area (TPSA) is 108 Å². The van der Waals surface area contributed by atoms with Gasteiger partial charge in [0.1, 0.15) is 0 Å². The number of hydrogen-bond acceptors (Lipinski definition) is 6. The Bertz CT molecular complexity index is 1100. The molecule has 10 heteroatoms. The zero-order chi connectivity index (χ0) is 20.0. The smallest absolute Gasteiger partial charge is 0.368 e. The molecule has 1 N–H and O–H groups in total. The van der Waals surface area contributed by atoms with E-state index in [9.17, 15) is 13.2 Å². The van der Waals surface area contributed by atoms with E-state index in [2.05, 4.69) is 15.1 Å². The molecule has 0 bridgehead atoms. The van der Waals surface area contributed by atoms with E-state index in [-0.39, 0.29) is 0 Å².